The van der Waals surface area contributed by atoms with E-state index in [0.717, 1.165) is 82.1 Å². The van der Waals surface area contributed by atoms with Crippen LogP contribution in [0.2, 0.25) is 0 Å². The van der Waals surface area contributed by atoms with Crippen LogP contribution in [0.4, 0.5) is 0 Å². The second-order valence-corrected chi connectivity index (χ2v) is 13.2. The molecule has 242 valence electrons. The van der Waals surface area contributed by atoms with Gasteiger partial charge in [-0.15, -0.1) is 0 Å². The maximum Gasteiger partial charge on any atom is 0.164 e. The van der Waals surface area contributed by atoms with Crippen molar-refractivity contribution in [2.45, 2.75) is 0 Å². The summed E-state index contributed by atoms with van der Waals surface area (Å²) in [6.45, 7) is 0. The molecule has 0 N–H and O–H groups in total. The van der Waals surface area contributed by atoms with Crippen molar-refractivity contribution in [3.63, 3.8) is 0 Å². The maximum absolute atomic E-state index is 6.45. The molecule has 0 atom stereocenters. The van der Waals surface area contributed by atoms with Gasteiger partial charge in [0.1, 0.15) is 22.3 Å². The average molecular weight is 666 g/mol. The number of aromatic nitrogens is 3. The molecule has 3 aromatic heterocycles. The Balaban J connectivity index is 1.16. The molecule has 0 aliphatic rings. The van der Waals surface area contributed by atoms with E-state index in [1.807, 2.05) is 48.5 Å². The van der Waals surface area contributed by atoms with Crippen molar-refractivity contribution in [1.29, 1.82) is 0 Å². The third-order valence-electron chi connectivity index (χ3n) is 10.1. The molecule has 3 heterocycles. The fourth-order valence-corrected chi connectivity index (χ4v) is 7.60. The molecule has 11 aromatic rings. The number of nitrogens with zero attached hydrogens (tertiary/aromatic N) is 3. The Bertz CT molecular complexity index is 3190. The second kappa shape index (κ2) is 11.2. The Kier molecular flexibility index (Phi) is 6.18. The fraction of sp³-hybridized carbons (Fsp3) is 0. The van der Waals surface area contributed by atoms with Gasteiger partial charge in [-0.25, -0.2) is 15.0 Å². The lowest BCUT2D eigenvalue weighted by Gasteiger charge is -2.11. The van der Waals surface area contributed by atoms with Gasteiger partial charge in [0.05, 0.1) is 0 Å². The van der Waals surface area contributed by atoms with Gasteiger partial charge >= 0.3 is 0 Å². The largest absolute Gasteiger partial charge is 0.456 e. The smallest absolute Gasteiger partial charge is 0.164 e. The molecule has 0 amide bonds. The first-order valence-electron chi connectivity index (χ1n) is 17.3. The lowest BCUT2D eigenvalue weighted by Crippen LogP contribution is -2.00. The predicted octanol–water partition coefficient (Wildman–Crippen LogP) is 12.6. The summed E-state index contributed by atoms with van der Waals surface area (Å²) < 4.78 is 12.7. The summed E-state index contributed by atoms with van der Waals surface area (Å²) in [6.07, 6.45) is 0. The van der Waals surface area contributed by atoms with Gasteiger partial charge in [-0.2, -0.15) is 0 Å². The number of para-hydroxylation sites is 1. The number of hydrogen-bond donors (Lipinski definition) is 0. The Morgan fingerprint density at radius 2 is 0.846 bits per heavy atom. The Morgan fingerprint density at radius 1 is 0.308 bits per heavy atom. The Labute approximate surface area is 297 Å². The van der Waals surface area contributed by atoms with Crippen LogP contribution in [0.3, 0.4) is 0 Å². The van der Waals surface area contributed by atoms with Crippen molar-refractivity contribution in [2.75, 3.05) is 0 Å². The first kappa shape index (κ1) is 28.7. The van der Waals surface area contributed by atoms with Crippen molar-refractivity contribution < 1.29 is 8.83 Å². The van der Waals surface area contributed by atoms with Crippen LogP contribution in [0.5, 0.6) is 0 Å². The van der Waals surface area contributed by atoms with Crippen molar-refractivity contribution in [2.24, 2.45) is 0 Å². The van der Waals surface area contributed by atoms with Crippen LogP contribution in [0.1, 0.15) is 0 Å². The molecule has 0 unspecified atom stereocenters. The number of rotatable bonds is 4. The van der Waals surface area contributed by atoms with Crippen molar-refractivity contribution in [1.82, 2.24) is 15.0 Å². The van der Waals surface area contributed by atoms with Gasteiger partial charge in [0.15, 0.2) is 17.5 Å². The van der Waals surface area contributed by atoms with Crippen molar-refractivity contribution >= 4 is 65.4 Å². The SMILES string of the molecule is c1ccc(-c2ccc3cc(-c4nc(-c5cccc6oc7ccccc7c56)nc(-c5cccc6oc7cc8ccccc8cc7c56)n4)ccc3c2)cc1. The van der Waals surface area contributed by atoms with Gasteiger partial charge in [0.2, 0.25) is 0 Å². The summed E-state index contributed by atoms with van der Waals surface area (Å²) in [4.78, 5) is 15.6. The quantitative estimate of drug-likeness (QED) is 0.187. The zero-order valence-corrected chi connectivity index (χ0v) is 27.7. The first-order chi connectivity index (χ1) is 25.7. The first-order valence-corrected chi connectivity index (χ1v) is 17.3. The van der Waals surface area contributed by atoms with Crippen LogP contribution in [-0.4, -0.2) is 15.0 Å². The molecular weight excluding hydrogens is 639 g/mol. The van der Waals surface area contributed by atoms with Crippen LogP contribution < -0.4 is 0 Å². The zero-order valence-electron chi connectivity index (χ0n) is 27.7. The summed E-state index contributed by atoms with van der Waals surface area (Å²) in [5, 5.41) is 8.54. The highest BCUT2D eigenvalue weighted by molar-refractivity contribution is 6.15. The van der Waals surface area contributed by atoms with Crippen molar-refractivity contribution in [3.05, 3.63) is 164 Å². The minimum Gasteiger partial charge on any atom is -0.456 e. The van der Waals surface area contributed by atoms with Gasteiger partial charge in [-0.1, -0.05) is 121 Å². The highest BCUT2D eigenvalue weighted by Crippen LogP contribution is 2.40. The zero-order chi connectivity index (χ0) is 34.2. The lowest BCUT2D eigenvalue weighted by atomic mass is 9.99. The second-order valence-electron chi connectivity index (χ2n) is 13.2. The van der Waals surface area contributed by atoms with Crippen molar-refractivity contribution in [3.8, 4) is 45.3 Å². The predicted molar refractivity (Wildman–Crippen MR) is 211 cm³/mol. The summed E-state index contributed by atoms with van der Waals surface area (Å²) in [5.41, 5.74) is 8.27. The fourth-order valence-electron chi connectivity index (χ4n) is 7.60. The topological polar surface area (TPSA) is 65.0 Å². The minimum atomic E-state index is 0.575. The summed E-state index contributed by atoms with van der Waals surface area (Å²) >= 11 is 0. The number of hydrogen-bond acceptors (Lipinski definition) is 5. The highest BCUT2D eigenvalue weighted by atomic mass is 16.3. The van der Waals surface area contributed by atoms with Crippen LogP contribution in [0, 0.1) is 0 Å². The standard InChI is InChI=1S/C47H27N3O2/c1-2-10-28(11-3-1)31-20-21-33-25-34(23-22-32(33)24-31)45-48-46(36-15-8-18-40-43(36)35-14-6-7-17-39(35)51-40)50-47(49-45)37-16-9-19-41-44(37)38-26-29-12-4-5-13-30(29)27-42(38)52-41/h1-27H. The molecule has 0 bridgehead atoms. The monoisotopic (exact) mass is 665 g/mol. The van der Waals surface area contributed by atoms with E-state index in [-0.39, 0.29) is 0 Å². The molecule has 0 spiro atoms. The van der Waals surface area contributed by atoms with E-state index in [1.54, 1.807) is 0 Å². The van der Waals surface area contributed by atoms with Crippen LogP contribution in [0.15, 0.2) is 173 Å². The van der Waals surface area contributed by atoms with E-state index in [1.165, 1.54) is 11.1 Å². The molecule has 8 aromatic carbocycles. The van der Waals surface area contributed by atoms with Gasteiger partial charge in [-0.3, -0.25) is 0 Å². The summed E-state index contributed by atoms with van der Waals surface area (Å²) in [5.74, 6) is 1.74. The molecule has 0 aliphatic carbocycles. The lowest BCUT2D eigenvalue weighted by molar-refractivity contribution is 0.669. The van der Waals surface area contributed by atoms with E-state index in [4.69, 9.17) is 23.8 Å². The van der Waals surface area contributed by atoms with E-state index >= 15 is 0 Å². The molecule has 5 heteroatoms. The van der Waals surface area contributed by atoms with Crippen LogP contribution >= 0.6 is 0 Å². The Morgan fingerprint density at radius 3 is 1.60 bits per heavy atom. The maximum atomic E-state index is 6.45. The van der Waals surface area contributed by atoms with E-state index in [2.05, 4.69) is 115 Å². The van der Waals surface area contributed by atoms with Gasteiger partial charge in [0.25, 0.3) is 0 Å². The molecule has 0 fully saturated rings. The highest BCUT2D eigenvalue weighted by Gasteiger charge is 2.21. The molecule has 11 rings (SSSR count). The number of furan rings is 2. The summed E-state index contributed by atoms with van der Waals surface area (Å²) in [7, 11) is 0. The Hall–Kier alpha value is -7.11. The number of benzene rings is 8. The third kappa shape index (κ3) is 4.53. The summed E-state index contributed by atoms with van der Waals surface area (Å²) in [6, 6.07) is 56.4. The van der Waals surface area contributed by atoms with Crippen LogP contribution in [-0.2, 0) is 0 Å². The molecule has 5 nitrogen and oxygen atoms in total. The molecule has 0 saturated heterocycles. The molecule has 52 heavy (non-hydrogen) atoms. The minimum absolute atomic E-state index is 0.575. The third-order valence-corrected chi connectivity index (χ3v) is 10.1. The average Bonchev–Trinajstić information content (AvgIpc) is 3.77. The van der Waals surface area contributed by atoms with Gasteiger partial charge < -0.3 is 8.83 Å². The van der Waals surface area contributed by atoms with E-state index in [0.29, 0.717) is 17.5 Å². The molecule has 0 radical (unpaired) electrons. The number of fused-ring (bicyclic) bond motifs is 8. The van der Waals surface area contributed by atoms with Crippen LogP contribution in [0.25, 0.3) is 111 Å². The van der Waals surface area contributed by atoms with Gasteiger partial charge in [-0.05, 0) is 75.1 Å². The molecule has 0 saturated carbocycles. The van der Waals surface area contributed by atoms with E-state index < -0.39 is 0 Å². The molecular formula is C47H27N3O2. The normalized spacial score (nSPS) is 11.8. The van der Waals surface area contributed by atoms with E-state index in [9.17, 15) is 0 Å². The molecule has 0 aliphatic heterocycles. The van der Waals surface area contributed by atoms with Gasteiger partial charge in [0, 0.05) is 38.2 Å².